The third kappa shape index (κ3) is 2.99. The summed E-state index contributed by atoms with van der Waals surface area (Å²) in [6.45, 7) is 6.70. The molecule has 1 N–H and O–H groups in total. The number of rotatable bonds is 3. The van der Waals surface area contributed by atoms with E-state index in [1.165, 1.54) is 0 Å². The van der Waals surface area contributed by atoms with E-state index in [4.69, 9.17) is 23.2 Å². The van der Waals surface area contributed by atoms with E-state index in [9.17, 15) is 0 Å². The highest BCUT2D eigenvalue weighted by Gasteiger charge is 2.13. The first kappa shape index (κ1) is 14.1. The number of aryl methyl sites for hydroxylation is 1. The molecule has 0 aliphatic heterocycles. The lowest BCUT2D eigenvalue weighted by Gasteiger charge is -2.13. The van der Waals surface area contributed by atoms with Gasteiger partial charge < -0.3 is 5.32 Å². The van der Waals surface area contributed by atoms with Crippen LogP contribution in [0.4, 0.5) is 5.82 Å². The molecule has 2 rings (SSSR count). The molecule has 5 heteroatoms. The highest BCUT2D eigenvalue weighted by molar-refractivity contribution is 6.36. The van der Waals surface area contributed by atoms with Crippen LogP contribution in [0.25, 0.3) is 11.3 Å². The standard InChI is InChI=1S/C14H15Cl2N3/c1-4-17-14-8(2)13(18-9(3)19-14)11-6-5-10(15)7-12(11)16/h5-7H,4H2,1-3H3,(H,17,18,19). The molecule has 0 atom stereocenters. The molecule has 1 heterocycles. The van der Waals surface area contributed by atoms with Gasteiger partial charge in [-0.25, -0.2) is 9.97 Å². The molecule has 0 saturated carbocycles. The van der Waals surface area contributed by atoms with Crippen LogP contribution < -0.4 is 5.32 Å². The molecule has 3 nitrogen and oxygen atoms in total. The summed E-state index contributed by atoms with van der Waals surface area (Å²) in [5.74, 6) is 1.55. The Bertz CT molecular complexity index is 612. The molecule has 100 valence electrons. The summed E-state index contributed by atoms with van der Waals surface area (Å²) in [7, 11) is 0. The Kier molecular flexibility index (Phi) is 4.27. The van der Waals surface area contributed by atoms with Gasteiger partial charge in [-0.3, -0.25) is 0 Å². The van der Waals surface area contributed by atoms with Gasteiger partial charge in [0.15, 0.2) is 0 Å². The lowest BCUT2D eigenvalue weighted by atomic mass is 10.1. The van der Waals surface area contributed by atoms with Crippen molar-refractivity contribution >= 4 is 29.0 Å². The number of nitrogens with one attached hydrogen (secondary N) is 1. The predicted octanol–water partition coefficient (Wildman–Crippen LogP) is 4.50. The Morgan fingerprint density at radius 2 is 1.89 bits per heavy atom. The van der Waals surface area contributed by atoms with E-state index in [0.29, 0.717) is 15.9 Å². The van der Waals surface area contributed by atoms with E-state index in [2.05, 4.69) is 15.3 Å². The van der Waals surface area contributed by atoms with Gasteiger partial charge in [0, 0.05) is 22.7 Å². The molecule has 0 spiro atoms. The minimum atomic E-state index is 0.594. The Morgan fingerprint density at radius 3 is 2.53 bits per heavy atom. The van der Waals surface area contributed by atoms with Gasteiger partial charge in [-0.1, -0.05) is 23.2 Å². The van der Waals surface area contributed by atoms with Crippen molar-refractivity contribution in [2.75, 3.05) is 11.9 Å². The number of nitrogens with zero attached hydrogens (tertiary/aromatic N) is 2. The van der Waals surface area contributed by atoms with Crippen molar-refractivity contribution in [3.63, 3.8) is 0 Å². The largest absolute Gasteiger partial charge is 0.370 e. The molecular weight excluding hydrogens is 281 g/mol. The topological polar surface area (TPSA) is 37.8 Å². The van der Waals surface area contributed by atoms with Gasteiger partial charge in [-0.2, -0.15) is 0 Å². The number of anilines is 1. The van der Waals surface area contributed by atoms with Crippen LogP contribution in [0.3, 0.4) is 0 Å². The van der Waals surface area contributed by atoms with Crippen LogP contribution in [0.2, 0.25) is 10.0 Å². The van der Waals surface area contributed by atoms with Crippen molar-refractivity contribution in [3.8, 4) is 11.3 Å². The lowest BCUT2D eigenvalue weighted by Crippen LogP contribution is -2.06. The first-order valence-electron chi connectivity index (χ1n) is 6.07. The maximum absolute atomic E-state index is 6.25. The molecule has 0 fully saturated rings. The van der Waals surface area contributed by atoms with Crippen molar-refractivity contribution in [2.24, 2.45) is 0 Å². The second-order valence-corrected chi connectivity index (χ2v) is 5.09. The van der Waals surface area contributed by atoms with Gasteiger partial charge in [0.1, 0.15) is 11.6 Å². The summed E-state index contributed by atoms with van der Waals surface area (Å²) in [5.41, 5.74) is 2.69. The third-order valence-electron chi connectivity index (χ3n) is 2.79. The molecule has 0 aliphatic rings. The van der Waals surface area contributed by atoms with E-state index < -0.39 is 0 Å². The van der Waals surface area contributed by atoms with E-state index in [0.717, 1.165) is 29.2 Å². The molecular formula is C14H15Cl2N3. The zero-order valence-corrected chi connectivity index (χ0v) is 12.6. The highest BCUT2D eigenvalue weighted by Crippen LogP contribution is 2.32. The molecule has 0 radical (unpaired) electrons. The summed E-state index contributed by atoms with van der Waals surface area (Å²) in [6, 6.07) is 5.42. The van der Waals surface area contributed by atoms with E-state index in [1.807, 2.05) is 32.9 Å². The van der Waals surface area contributed by atoms with Crippen molar-refractivity contribution in [1.29, 1.82) is 0 Å². The van der Waals surface area contributed by atoms with Crippen molar-refractivity contribution < 1.29 is 0 Å². The second-order valence-electron chi connectivity index (χ2n) is 4.25. The minimum absolute atomic E-state index is 0.594. The fourth-order valence-electron chi connectivity index (χ4n) is 1.91. The van der Waals surface area contributed by atoms with Gasteiger partial charge in [0.25, 0.3) is 0 Å². The number of aromatic nitrogens is 2. The Labute approximate surface area is 123 Å². The van der Waals surface area contributed by atoms with Crippen LogP contribution in [0.15, 0.2) is 18.2 Å². The minimum Gasteiger partial charge on any atom is -0.370 e. The molecule has 19 heavy (non-hydrogen) atoms. The first-order valence-corrected chi connectivity index (χ1v) is 6.83. The van der Waals surface area contributed by atoms with Crippen LogP contribution in [-0.2, 0) is 0 Å². The molecule has 1 aromatic carbocycles. The molecule has 0 aliphatic carbocycles. The summed E-state index contributed by atoms with van der Waals surface area (Å²) in [5, 5.41) is 4.45. The summed E-state index contributed by atoms with van der Waals surface area (Å²) >= 11 is 12.2. The maximum atomic E-state index is 6.25. The van der Waals surface area contributed by atoms with Crippen LogP contribution >= 0.6 is 23.2 Å². The number of benzene rings is 1. The monoisotopic (exact) mass is 295 g/mol. The van der Waals surface area contributed by atoms with Gasteiger partial charge in [0.05, 0.1) is 10.7 Å². The molecule has 1 aromatic heterocycles. The van der Waals surface area contributed by atoms with Crippen molar-refractivity contribution in [2.45, 2.75) is 20.8 Å². The summed E-state index contributed by atoms with van der Waals surface area (Å²) in [6.07, 6.45) is 0. The van der Waals surface area contributed by atoms with Crippen LogP contribution in [-0.4, -0.2) is 16.5 Å². The molecule has 0 saturated heterocycles. The van der Waals surface area contributed by atoms with Crippen LogP contribution in [0, 0.1) is 13.8 Å². The fraction of sp³-hybridized carbons (Fsp3) is 0.286. The van der Waals surface area contributed by atoms with E-state index in [1.54, 1.807) is 6.07 Å². The van der Waals surface area contributed by atoms with Gasteiger partial charge in [-0.15, -0.1) is 0 Å². The molecule has 2 aromatic rings. The lowest BCUT2D eigenvalue weighted by molar-refractivity contribution is 1.02. The van der Waals surface area contributed by atoms with E-state index in [-0.39, 0.29) is 0 Å². The number of hydrogen-bond donors (Lipinski definition) is 1. The van der Waals surface area contributed by atoms with Crippen LogP contribution in [0.5, 0.6) is 0 Å². The fourth-order valence-corrected chi connectivity index (χ4v) is 2.41. The molecule has 0 amide bonds. The van der Waals surface area contributed by atoms with Gasteiger partial charge >= 0.3 is 0 Å². The van der Waals surface area contributed by atoms with E-state index >= 15 is 0 Å². The van der Waals surface area contributed by atoms with Gasteiger partial charge in [-0.05, 0) is 39.0 Å². The zero-order valence-electron chi connectivity index (χ0n) is 11.1. The third-order valence-corrected chi connectivity index (χ3v) is 3.34. The quantitative estimate of drug-likeness (QED) is 0.906. The van der Waals surface area contributed by atoms with Crippen molar-refractivity contribution in [3.05, 3.63) is 39.6 Å². The van der Waals surface area contributed by atoms with Gasteiger partial charge in [0.2, 0.25) is 0 Å². The zero-order chi connectivity index (χ0) is 14.0. The number of hydrogen-bond acceptors (Lipinski definition) is 3. The predicted molar refractivity (Wildman–Crippen MR) is 81.1 cm³/mol. The maximum Gasteiger partial charge on any atom is 0.133 e. The Morgan fingerprint density at radius 1 is 1.16 bits per heavy atom. The highest BCUT2D eigenvalue weighted by atomic mass is 35.5. The molecule has 0 unspecified atom stereocenters. The number of halogens is 2. The smallest absolute Gasteiger partial charge is 0.133 e. The van der Waals surface area contributed by atoms with Crippen LogP contribution in [0.1, 0.15) is 18.3 Å². The average Bonchev–Trinajstić information content (AvgIpc) is 2.34. The normalized spacial score (nSPS) is 10.6. The summed E-state index contributed by atoms with van der Waals surface area (Å²) < 4.78 is 0. The molecule has 0 bridgehead atoms. The summed E-state index contributed by atoms with van der Waals surface area (Å²) in [4.78, 5) is 8.90. The average molecular weight is 296 g/mol. The van der Waals surface area contributed by atoms with Crippen molar-refractivity contribution in [1.82, 2.24) is 9.97 Å². The SMILES string of the molecule is CCNc1nc(C)nc(-c2ccc(Cl)cc2Cl)c1C. The Balaban J connectivity index is 2.61. The second kappa shape index (κ2) is 5.76. The first-order chi connectivity index (χ1) is 9.02. The Hall–Kier alpha value is -1.32.